The molecule has 0 heterocycles. The van der Waals surface area contributed by atoms with Gasteiger partial charge in [-0.3, -0.25) is 14.9 Å². The average molecular weight is 768 g/mol. The third kappa shape index (κ3) is 15.7. The van der Waals surface area contributed by atoms with Crippen molar-refractivity contribution in [3.05, 3.63) is 119 Å². The summed E-state index contributed by atoms with van der Waals surface area (Å²) in [6.07, 6.45) is 19.5. The van der Waals surface area contributed by atoms with E-state index in [1.807, 2.05) is 112 Å². The van der Waals surface area contributed by atoms with E-state index in [1.165, 1.54) is 77.0 Å². The van der Waals surface area contributed by atoms with Crippen molar-refractivity contribution in [2.75, 3.05) is 6.61 Å². The number of esters is 2. The van der Waals surface area contributed by atoms with E-state index in [-0.39, 0.29) is 30.5 Å². The Morgan fingerprint density at radius 1 is 0.643 bits per heavy atom. The number of hydrogen-bond acceptors (Lipinski definition) is 6. The molecule has 3 aromatic carbocycles. The zero-order valence-electron chi connectivity index (χ0n) is 34.7. The molecule has 3 aromatic rings. The number of nitrogens with one attached hydrogen (secondary N) is 1. The Balaban J connectivity index is 1.57. The molecule has 56 heavy (non-hydrogen) atoms. The average Bonchev–Trinajstić information content (AvgIpc) is 3.21. The maximum absolute atomic E-state index is 14.1. The minimum absolute atomic E-state index is 0.195. The van der Waals surface area contributed by atoms with Gasteiger partial charge in [0.1, 0.15) is 18.8 Å². The number of carbonyl (C=O) groups is 3. The van der Waals surface area contributed by atoms with Crippen molar-refractivity contribution in [1.29, 1.82) is 0 Å². The lowest BCUT2D eigenvalue weighted by atomic mass is 9.76. The Morgan fingerprint density at radius 2 is 1.05 bits per heavy atom. The Kier molecular flexibility index (Phi) is 21.9. The second kappa shape index (κ2) is 26.6. The maximum atomic E-state index is 14.1. The van der Waals surface area contributed by atoms with Gasteiger partial charge in [0.2, 0.25) is 0 Å². The number of carbonyl (C=O) groups excluding carboxylic acids is 2. The molecule has 0 amide bonds. The zero-order chi connectivity index (χ0) is 40.4. The normalized spacial score (nSPS) is 13.0. The van der Waals surface area contributed by atoms with Gasteiger partial charge in [0.15, 0.2) is 0 Å². The van der Waals surface area contributed by atoms with Crippen molar-refractivity contribution in [2.24, 2.45) is 5.92 Å². The molecule has 0 spiro atoms. The van der Waals surface area contributed by atoms with Gasteiger partial charge in [-0.15, -0.1) is 0 Å². The van der Waals surface area contributed by atoms with E-state index in [0.717, 1.165) is 42.0 Å². The van der Waals surface area contributed by atoms with Crippen LogP contribution in [-0.2, 0) is 29.4 Å². The fourth-order valence-electron chi connectivity index (χ4n) is 7.46. The van der Waals surface area contributed by atoms with Gasteiger partial charge in [-0.2, -0.15) is 0 Å². The first-order valence-corrected chi connectivity index (χ1v) is 21.5. The van der Waals surface area contributed by atoms with E-state index in [4.69, 9.17) is 9.47 Å². The first-order chi connectivity index (χ1) is 27.2. The first-order valence-electron chi connectivity index (χ1n) is 21.5. The molecule has 0 saturated carbocycles. The van der Waals surface area contributed by atoms with Crippen LogP contribution in [0, 0.1) is 5.92 Å². The predicted octanol–water partition coefficient (Wildman–Crippen LogP) is 11.7. The van der Waals surface area contributed by atoms with Crippen molar-refractivity contribution in [3.63, 3.8) is 0 Å². The molecule has 306 valence electrons. The lowest BCUT2D eigenvalue weighted by molar-refractivity contribution is -0.150. The number of carboxylic acids is 1. The minimum Gasteiger partial charge on any atom is -0.478 e. The second-order valence-electron chi connectivity index (χ2n) is 15.5. The van der Waals surface area contributed by atoms with Crippen LogP contribution in [0.1, 0.15) is 154 Å². The maximum Gasteiger partial charge on any atom is 0.328 e. The number of carboxylic acid groups (broad SMARTS) is 1. The molecule has 0 radical (unpaired) electrons. The Bertz CT molecular complexity index is 1460. The van der Waals surface area contributed by atoms with Crippen molar-refractivity contribution in [2.45, 2.75) is 155 Å². The lowest BCUT2D eigenvalue weighted by Gasteiger charge is -2.40. The molecule has 0 fully saturated rings. The highest BCUT2D eigenvalue weighted by molar-refractivity contribution is 5.81. The molecule has 7 heteroatoms. The molecule has 0 aliphatic rings. The van der Waals surface area contributed by atoms with Gasteiger partial charge in [0, 0.05) is 18.1 Å². The van der Waals surface area contributed by atoms with Gasteiger partial charge in [0.25, 0.3) is 0 Å². The van der Waals surface area contributed by atoms with Crippen molar-refractivity contribution in [1.82, 2.24) is 5.32 Å². The molecule has 0 bridgehead atoms. The van der Waals surface area contributed by atoms with E-state index in [0.29, 0.717) is 6.42 Å². The molecular formula is C49H69NO6. The Morgan fingerprint density at radius 3 is 1.43 bits per heavy atom. The summed E-state index contributed by atoms with van der Waals surface area (Å²) in [5.74, 6) is -2.28. The Labute approximate surface area is 337 Å². The van der Waals surface area contributed by atoms with E-state index in [2.05, 4.69) is 12.2 Å². The van der Waals surface area contributed by atoms with Gasteiger partial charge in [-0.25, -0.2) is 4.79 Å². The summed E-state index contributed by atoms with van der Waals surface area (Å²) in [7, 11) is 0. The topological polar surface area (TPSA) is 102 Å². The summed E-state index contributed by atoms with van der Waals surface area (Å²) < 4.78 is 11.7. The van der Waals surface area contributed by atoms with E-state index in [9.17, 15) is 19.5 Å². The smallest absolute Gasteiger partial charge is 0.328 e. The SMILES string of the molecule is CCCCCCCCCCCCCCCCCC(=O)OC(CC)C(=CC(=O)O)COC(=O)[C@@H](NC(c1ccccc1)(c1ccccc1)c1ccccc1)C(C)C. The number of unbranched alkanes of at least 4 members (excludes halogenated alkanes) is 14. The molecule has 2 N–H and O–H groups in total. The molecule has 0 aromatic heterocycles. The molecule has 1 unspecified atom stereocenters. The van der Waals surface area contributed by atoms with Gasteiger partial charge in [-0.05, 0) is 35.4 Å². The van der Waals surface area contributed by atoms with E-state index >= 15 is 0 Å². The number of benzene rings is 3. The van der Waals surface area contributed by atoms with Gasteiger partial charge in [0.05, 0.1) is 5.54 Å². The summed E-state index contributed by atoms with van der Waals surface area (Å²) in [5.41, 5.74) is 2.19. The van der Waals surface area contributed by atoms with Crippen molar-refractivity contribution in [3.8, 4) is 0 Å². The number of aliphatic carboxylic acids is 1. The number of rotatable bonds is 29. The molecule has 7 nitrogen and oxygen atoms in total. The van der Waals surface area contributed by atoms with Crippen LogP contribution in [0.5, 0.6) is 0 Å². The molecule has 0 saturated heterocycles. The van der Waals surface area contributed by atoms with Gasteiger partial charge in [-0.1, -0.05) is 209 Å². The third-order valence-corrected chi connectivity index (χ3v) is 10.6. The summed E-state index contributed by atoms with van der Waals surface area (Å²) in [6, 6.07) is 29.3. The highest BCUT2D eigenvalue weighted by Gasteiger charge is 2.41. The van der Waals surface area contributed by atoms with E-state index < -0.39 is 29.6 Å². The van der Waals surface area contributed by atoms with Crippen LogP contribution < -0.4 is 5.32 Å². The summed E-state index contributed by atoms with van der Waals surface area (Å²) >= 11 is 0. The number of hydrogen-bond donors (Lipinski definition) is 2. The highest BCUT2D eigenvalue weighted by Crippen LogP contribution is 2.38. The first kappa shape index (κ1) is 46.2. The van der Waals surface area contributed by atoms with Crippen molar-refractivity contribution < 1.29 is 29.0 Å². The van der Waals surface area contributed by atoms with Crippen LogP contribution >= 0.6 is 0 Å². The van der Waals surface area contributed by atoms with Gasteiger partial charge < -0.3 is 14.6 Å². The molecular weight excluding hydrogens is 699 g/mol. The second-order valence-corrected chi connectivity index (χ2v) is 15.5. The van der Waals surface area contributed by atoms with Gasteiger partial charge >= 0.3 is 17.9 Å². The fraction of sp³-hybridized carbons (Fsp3) is 0.531. The predicted molar refractivity (Wildman–Crippen MR) is 227 cm³/mol. The number of ether oxygens (including phenoxy) is 2. The van der Waals surface area contributed by atoms with Crippen LogP contribution in [0.3, 0.4) is 0 Å². The minimum atomic E-state index is -1.19. The lowest BCUT2D eigenvalue weighted by Crippen LogP contribution is -2.55. The van der Waals surface area contributed by atoms with Crippen LogP contribution in [-0.4, -0.2) is 41.8 Å². The monoisotopic (exact) mass is 768 g/mol. The van der Waals surface area contributed by atoms with Crippen LogP contribution in [0.25, 0.3) is 0 Å². The van der Waals surface area contributed by atoms with Crippen LogP contribution in [0.4, 0.5) is 0 Å². The van der Waals surface area contributed by atoms with Crippen LogP contribution in [0.15, 0.2) is 103 Å². The molecule has 2 atom stereocenters. The summed E-state index contributed by atoms with van der Waals surface area (Å²) in [4.78, 5) is 38.9. The third-order valence-electron chi connectivity index (χ3n) is 10.6. The van der Waals surface area contributed by atoms with Crippen LogP contribution in [0.2, 0.25) is 0 Å². The molecule has 3 rings (SSSR count). The fourth-order valence-corrected chi connectivity index (χ4v) is 7.46. The molecule has 0 aliphatic heterocycles. The summed E-state index contributed by atoms with van der Waals surface area (Å²) in [6.45, 7) is 7.68. The van der Waals surface area contributed by atoms with Crippen molar-refractivity contribution >= 4 is 17.9 Å². The molecule has 0 aliphatic carbocycles. The quantitative estimate of drug-likeness (QED) is 0.0314. The largest absolute Gasteiger partial charge is 0.478 e. The Hall–Kier alpha value is -4.23. The standard InChI is InChI=1S/C49H69NO6/c1-5-7-8-9-10-11-12-13-14-15-16-17-18-19-29-36-46(53)56-44(6-2)40(37-45(51)52)38-55-48(54)47(39(3)4)50-49(41-30-23-20-24-31-41,42-32-25-21-26-33-42)43-34-27-22-28-35-43/h20-28,30-35,37,39,44,47,50H,5-19,29,36,38H2,1-4H3,(H,51,52)/t44?,47-/m0/s1. The van der Waals surface area contributed by atoms with E-state index in [1.54, 1.807) is 0 Å². The zero-order valence-corrected chi connectivity index (χ0v) is 34.7. The highest BCUT2D eigenvalue weighted by atomic mass is 16.6. The summed E-state index contributed by atoms with van der Waals surface area (Å²) in [5, 5.41) is 13.5.